The SMILES string of the molecule is Cc1cc(Br)c(NS(N)(=O)=O)cc1[N+](=O)[O-]. The van der Waals surface area contributed by atoms with Gasteiger partial charge in [0.05, 0.1) is 10.6 Å². The van der Waals surface area contributed by atoms with Gasteiger partial charge >= 0.3 is 0 Å². The van der Waals surface area contributed by atoms with Gasteiger partial charge in [-0.15, -0.1) is 0 Å². The van der Waals surface area contributed by atoms with Gasteiger partial charge in [0.25, 0.3) is 15.9 Å². The number of benzene rings is 1. The highest BCUT2D eigenvalue weighted by Gasteiger charge is 2.16. The van der Waals surface area contributed by atoms with Crippen LogP contribution in [0.4, 0.5) is 11.4 Å². The van der Waals surface area contributed by atoms with E-state index in [2.05, 4.69) is 15.9 Å². The van der Waals surface area contributed by atoms with Crippen LogP contribution in [0.1, 0.15) is 5.56 Å². The van der Waals surface area contributed by atoms with Gasteiger partial charge in [0.1, 0.15) is 0 Å². The Hall–Kier alpha value is -1.19. The summed E-state index contributed by atoms with van der Waals surface area (Å²) in [6, 6.07) is 2.54. The smallest absolute Gasteiger partial charge is 0.270 e. The van der Waals surface area contributed by atoms with Crippen LogP contribution in [0.3, 0.4) is 0 Å². The average molecular weight is 310 g/mol. The number of nitrogens with two attached hydrogens (primary N) is 1. The maximum Gasteiger partial charge on any atom is 0.296 e. The minimum atomic E-state index is -3.96. The summed E-state index contributed by atoms with van der Waals surface area (Å²) >= 11 is 3.08. The Morgan fingerprint density at radius 1 is 1.50 bits per heavy atom. The Kier molecular flexibility index (Phi) is 3.51. The zero-order valence-electron chi connectivity index (χ0n) is 8.10. The molecule has 0 radical (unpaired) electrons. The summed E-state index contributed by atoms with van der Waals surface area (Å²) in [4.78, 5) is 10.0. The average Bonchev–Trinajstić information content (AvgIpc) is 2.07. The third kappa shape index (κ3) is 3.15. The highest BCUT2D eigenvalue weighted by atomic mass is 79.9. The summed E-state index contributed by atoms with van der Waals surface area (Å²) in [6.07, 6.45) is 0. The Morgan fingerprint density at radius 2 is 2.06 bits per heavy atom. The van der Waals surface area contributed by atoms with Gasteiger partial charge in [-0.2, -0.15) is 8.42 Å². The van der Waals surface area contributed by atoms with E-state index in [1.54, 1.807) is 6.92 Å². The number of hydrogen-bond donors (Lipinski definition) is 2. The van der Waals surface area contributed by atoms with Crippen molar-refractivity contribution in [2.75, 3.05) is 4.72 Å². The molecule has 0 saturated heterocycles. The molecule has 0 bridgehead atoms. The molecule has 1 aromatic carbocycles. The van der Waals surface area contributed by atoms with E-state index in [0.29, 0.717) is 10.0 Å². The van der Waals surface area contributed by atoms with Crippen molar-refractivity contribution in [1.82, 2.24) is 0 Å². The van der Waals surface area contributed by atoms with E-state index >= 15 is 0 Å². The van der Waals surface area contributed by atoms with Crippen LogP contribution in [0.2, 0.25) is 0 Å². The Bertz CT molecular complexity index is 543. The van der Waals surface area contributed by atoms with Crippen LogP contribution in [0.5, 0.6) is 0 Å². The van der Waals surface area contributed by atoms with E-state index in [-0.39, 0.29) is 11.4 Å². The standard InChI is InChI=1S/C7H8BrN3O4S/c1-4-2-5(8)6(10-16(9,14)15)3-7(4)11(12)13/h2-3,10H,1H3,(H2,9,14,15). The van der Waals surface area contributed by atoms with Gasteiger partial charge in [0, 0.05) is 16.1 Å². The fourth-order valence-corrected chi connectivity index (χ4v) is 2.25. The quantitative estimate of drug-likeness (QED) is 0.646. The maximum absolute atomic E-state index is 10.8. The second-order valence-corrected chi connectivity index (χ2v) is 5.17. The van der Waals surface area contributed by atoms with Crippen molar-refractivity contribution in [3.05, 3.63) is 32.3 Å². The maximum atomic E-state index is 10.8. The van der Waals surface area contributed by atoms with Crippen molar-refractivity contribution in [2.24, 2.45) is 5.14 Å². The molecule has 0 aliphatic carbocycles. The normalized spacial score (nSPS) is 11.2. The number of nitro groups is 1. The third-order valence-electron chi connectivity index (χ3n) is 1.73. The van der Waals surface area contributed by atoms with Gasteiger partial charge in [-0.25, -0.2) is 5.14 Å². The van der Waals surface area contributed by atoms with Gasteiger partial charge < -0.3 is 0 Å². The minimum absolute atomic E-state index is 0.0276. The first-order valence-electron chi connectivity index (χ1n) is 3.96. The second kappa shape index (κ2) is 4.36. The molecule has 16 heavy (non-hydrogen) atoms. The zero-order chi connectivity index (χ0) is 12.5. The molecule has 3 N–H and O–H groups in total. The highest BCUT2D eigenvalue weighted by molar-refractivity contribution is 9.10. The molecular formula is C7H8BrN3O4S. The molecule has 1 aromatic rings. The lowest BCUT2D eigenvalue weighted by Crippen LogP contribution is -2.22. The van der Waals surface area contributed by atoms with Gasteiger partial charge in [-0.3, -0.25) is 14.8 Å². The van der Waals surface area contributed by atoms with Crippen LogP contribution in [-0.4, -0.2) is 13.3 Å². The molecule has 0 aliphatic rings. The number of hydrogen-bond acceptors (Lipinski definition) is 4. The number of nitrogens with zero attached hydrogens (tertiary/aromatic N) is 1. The molecule has 0 atom stereocenters. The van der Waals surface area contributed by atoms with Crippen molar-refractivity contribution < 1.29 is 13.3 Å². The molecule has 88 valence electrons. The lowest BCUT2D eigenvalue weighted by atomic mass is 10.2. The molecule has 1 rings (SSSR count). The first-order chi connectivity index (χ1) is 7.20. The van der Waals surface area contributed by atoms with Crippen LogP contribution < -0.4 is 9.86 Å². The summed E-state index contributed by atoms with van der Waals surface area (Å²) in [5.41, 5.74) is 0.256. The number of halogens is 1. The van der Waals surface area contributed by atoms with Crippen LogP contribution in [0, 0.1) is 17.0 Å². The first-order valence-corrected chi connectivity index (χ1v) is 6.29. The molecule has 0 saturated carbocycles. The van der Waals surface area contributed by atoms with E-state index in [1.807, 2.05) is 4.72 Å². The van der Waals surface area contributed by atoms with E-state index in [9.17, 15) is 18.5 Å². The van der Waals surface area contributed by atoms with Gasteiger partial charge in [0.15, 0.2) is 0 Å². The molecule has 0 amide bonds. The second-order valence-electron chi connectivity index (χ2n) is 3.02. The van der Waals surface area contributed by atoms with E-state index in [4.69, 9.17) is 5.14 Å². The molecule has 0 heterocycles. The topological polar surface area (TPSA) is 115 Å². The van der Waals surface area contributed by atoms with Crippen LogP contribution in [-0.2, 0) is 10.2 Å². The van der Waals surface area contributed by atoms with Gasteiger partial charge in [-0.1, -0.05) is 0 Å². The van der Waals surface area contributed by atoms with Crippen molar-refractivity contribution in [2.45, 2.75) is 6.92 Å². The fourth-order valence-electron chi connectivity index (χ4n) is 1.09. The first kappa shape index (κ1) is 12.9. The number of anilines is 1. The Labute approximate surface area is 100 Å². The lowest BCUT2D eigenvalue weighted by Gasteiger charge is -2.07. The van der Waals surface area contributed by atoms with Crippen LogP contribution >= 0.6 is 15.9 Å². The lowest BCUT2D eigenvalue weighted by molar-refractivity contribution is -0.385. The Balaban J connectivity index is 3.31. The summed E-state index contributed by atoms with van der Waals surface area (Å²) < 4.78 is 23.9. The third-order valence-corrected chi connectivity index (χ3v) is 2.90. The predicted octanol–water partition coefficient (Wildman–Crippen LogP) is 1.28. The molecule has 9 heteroatoms. The fraction of sp³-hybridized carbons (Fsp3) is 0.143. The minimum Gasteiger partial charge on any atom is -0.270 e. The molecule has 0 aliphatic heterocycles. The van der Waals surface area contributed by atoms with Gasteiger partial charge in [0.2, 0.25) is 0 Å². The van der Waals surface area contributed by atoms with E-state index in [0.717, 1.165) is 6.07 Å². The van der Waals surface area contributed by atoms with Crippen molar-refractivity contribution in [3.63, 3.8) is 0 Å². The van der Waals surface area contributed by atoms with E-state index < -0.39 is 15.1 Å². The molecular weight excluding hydrogens is 302 g/mol. The summed E-state index contributed by atoms with van der Waals surface area (Å²) in [7, 11) is -3.96. The molecule has 0 fully saturated rings. The summed E-state index contributed by atoms with van der Waals surface area (Å²) in [5.74, 6) is 0. The summed E-state index contributed by atoms with van der Waals surface area (Å²) in [5, 5.41) is 15.4. The monoisotopic (exact) mass is 309 g/mol. The van der Waals surface area contributed by atoms with Crippen molar-refractivity contribution >= 4 is 37.5 Å². The van der Waals surface area contributed by atoms with Crippen molar-refractivity contribution in [1.29, 1.82) is 0 Å². The highest BCUT2D eigenvalue weighted by Crippen LogP contribution is 2.30. The Morgan fingerprint density at radius 3 is 2.50 bits per heavy atom. The molecule has 0 spiro atoms. The van der Waals surface area contributed by atoms with Crippen molar-refractivity contribution in [3.8, 4) is 0 Å². The zero-order valence-corrected chi connectivity index (χ0v) is 10.5. The molecule has 0 aromatic heterocycles. The molecule has 7 nitrogen and oxygen atoms in total. The summed E-state index contributed by atoms with van der Waals surface area (Å²) in [6.45, 7) is 1.55. The van der Waals surface area contributed by atoms with Crippen LogP contribution in [0.25, 0.3) is 0 Å². The van der Waals surface area contributed by atoms with Crippen LogP contribution in [0.15, 0.2) is 16.6 Å². The number of rotatable bonds is 3. The number of nitro benzene ring substituents is 1. The van der Waals surface area contributed by atoms with Gasteiger partial charge in [-0.05, 0) is 28.9 Å². The largest absolute Gasteiger partial charge is 0.296 e. The number of aryl methyl sites for hydroxylation is 1. The molecule has 0 unspecified atom stereocenters. The van der Waals surface area contributed by atoms with E-state index in [1.165, 1.54) is 6.07 Å². The number of nitrogens with one attached hydrogen (secondary N) is 1. The predicted molar refractivity (Wildman–Crippen MR) is 62.3 cm³/mol.